The fourth-order valence-corrected chi connectivity index (χ4v) is 3.78. The van der Waals surface area contributed by atoms with Crippen LogP contribution in [0.4, 0.5) is 0 Å². The first-order valence-electron chi connectivity index (χ1n) is 6.61. The van der Waals surface area contributed by atoms with Gasteiger partial charge in [0.15, 0.2) is 0 Å². The number of hydrogen-bond acceptors (Lipinski definition) is 2. The van der Waals surface area contributed by atoms with Crippen molar-refractivity contribution in [1.82, 2.24) is 5.32 Å². The minimum absolute atomic E-state index is 0.461. The fourth-order valence-electron chi connectivity index (χ4n) is 2.63. The number of nitrogens with one attached hydrogen (secondary N) is 1. The fraction of sp³-hybridized carbons (Fsp3) is 0.600. The Balaban J connectivity index is 2.01. The van der Waals surface area contributed by atoms with E-state index in [4.69, 9.17) is 0 Å². The number of benzene rings is 1. The van der Waals surface area contributed by atoms with Gasteiger partial charge in [0.05, 0.1) is 0 Å². The molecule has 1 heterocycles. The Morgan fingerprint density at radius 2 is 2.12 bits per heavy atom. The first-order chi connectivity index (χ1) is 8.18. The van der Waals surface area contributed by atoms with Crippen LogP contribution in [0.1, 0.15) is 43.9 Å². The van der Waals surface area contributed by atoms with E-state index in [0.717, 1.165) is 5.25 Å². The molecule has 0 aliphatic carbocycles. The van der Waals surface area contributed by atoms with Crippen LogP contribution in [0.3, 0.4) is 0 Å². The monoisotopic (exact) mass is 249 g/mol. The molecule has 1 nitrogen and oxygen atoms in total. The van der Waals surface area contributed by atoms with Crippen molar-refractivity contribution in [3.05, 3.63) is 35.4 Å². The zero-order valence-corrected chi connectivity index (χ0v) is 11.9. The van der Waals surface area contributed by atoms with Crippen molar-refractivity contribution < 1.29 is 0 Å². The SMILES string of the molecule is Cc1ccccc1C(C)NC1CCCSC1C. The van der Waals surface area contributed by atoms with Gasteiger partial charge in [-0.05, 0) is 43.6 Å². The molecule has 1 aliphatic heterocycles. The van der Waals surface area contributed by atoms with E-state index in [2.05, 4.69) is 62.1 Å². The molecule has 0 saturated carbocycles. The predicted molar refractivity (Wildman–Crippen MR) is 77.7 cm³/mol. The van der Waals surface area contributed by atoms with Crippen LogP contribution in [-0.4, -0.2) is 17.0 Å². The van der Waals surface area contributed by atoms with Gasteiger partial charge in [-0.15, -0.1) is 0 Å². The molecule has 1 N–H and O–H groups in total. The second kappa shape index (κ2) is 5.92. The van der Waals surface area contributed by atoms with E-state index in [1.54, 1.807) is 0 Å². The van der Waals surface area contributed by atoms with Crippen LogP contribution in [0.2, 0.25) is 0 Å². The molecule has 0 spiro atoms. The number of rotatable bonds is 3. The first-order valence-corrected chi connectivity index (χ1v) is 7.66. The Labute approximate surface area is 109 Å². The maximum absolute atomic E-state index is 3.80. The van der Waals surface area contributed by atoms with Crippen LogP contribution in [0.5, 0.6) is 0 Å². The zero-order chi connectivity index (χ0) is 12.3. The topological polar surface area (TPSA) is 12.0 Å². The summed E-state index contributed by atoms with van der Waals surface area (Å²) in [5.41, 5.74) is 2.83. The number of hydrogen-bond donors (Lipinski definition) is 1. The molecule has 1 aromatic rings. The second-order valence-electron chi connectivity index (χ2n) is 5.07. The van der Waals surface area contributed by atoms with Gasteiger partial charge in [0.1, 0.15) is 0 Å². The molecular weight excluding hydrogens is 226 g/mol. The maximum Gasteiger partial charge on any atom is 0.0297 e. The molecule has 1 aromatic carbocycles. The van der Waals surface area contributed by atoms with Gasteiger partial charge in [0, 0.05) is 17.3 Å². The molecule has 2 heteroatoms. The lowest BCUT2D eigenvalue weighted by Gasteiger charge is -2.32. The molecule has 2 rings (SSSR count). The van der Waals surface area contributed by atoms with Gasteiger partial charge in [0.25, 0.3) is 0 Å². The molecular formula is C15H23NS. The van der Waals surface area contributed by atoms with Gasteiger partial charge in [-0.3, -0.25) is 0 Å². The third kappa shape index (κ3) is 3.26. The summed E-state index contributed by atoms with van der Waals surface area (Å²) in [6.07, 6.45) is 2.68. The minimum Gasteiger partial charge on any atom is -0.306 e. The molecule has 3 atom stereocenters. The van der Waals surface area contributed by atoms with Crippen molar-refractivity contribution in [3.8, 4) is 0 Å². The highest BCUT2D eigenvalue weighted by molar-refractivity contribution is 7.99. The standard InChI is InChI=1S/C15H23NS/c1-11-7-4-5-8-14(11)12(2)16-15-9-6-10-17-13(15)3/h4-5,7-8,12-13,15-16H,6,9-10H2,1-3H3. The molecule has 3 unspecified atom stereocenters. The van der Waals surface area contributed by atoms with E-state index < -0.39 is 0 Å². The molecule has 17 heavy (non-hydrogen) atoms. The van der Waals surface area contributed by atoms with Crippen molar-refractivity contribution in [1.29, 1.82) is 0 Å². The molecule has 1 fully saturated rings. The van der Waals surface area contributed by atoms with Crippen molar-refractivity contribution in [2.24, 2.45) is 0 Å². The van der Waals surface area contributed by atoms with Gasteiger partial charge < -0.3 is 5.32 Å². The maximum atomic E-state index is 3.80. The van der Waals surface area contributed by atoms with Gasteiger partial charge in [0.2, 0.25) is 0 Å². The summed E-state index contributed by atoms with van der Waals surface area (Å²) in [4.78, 5) is 0. The van der Waals surface area contributed by atoms with Gasteiger partial charge in [-0.1, -0.05) is 31.2 Å². The van der Waals surface area contributed by atoms with Crippen molar-refractivity contribution >= 4 is 11.8 Å². The van der Waals surface area contributed by atoms with E-state index in [-0.39, 0.29) is 0 Å². The quantitative estimate of drug-likeness (QED) is 0.871. The smallest absolute Gasteiger partial charge is 0.0297 e. The third-order valence-electron chi connectivity index (χ3n) is 3.73. The summed E-state index contributed by atoms with van der Waals surface area (Å²) in [6.45, 7) is 6.84. The van der Waals surface area contributed by atoms with Crippen LogP contribution in [-0.2, 0) is 0 Å². The Morgan fingerprint density at radius 3 is 2.82 bits per heavy atom. The molecule has 1 saturated heterocycles. The summed E-state index contributed by atoms with van der Waals surface area (Å²) >= 11 is 2.11. The van der Waals surface area contributed by atoms with Crippen LogP contribution in [0.25, 0.3) is 0 Å². The number of aryl methyl sites for hydroxylation is 1. The third-order valence-corrected chi connectivity index (χ3v) is 5.10. The van der Waals surface area contributed by atoms with Crippen LogP contribution >= 0.6 is 11.8 Å². The van der Waals surface area contributed by atoms with Crippen LogP contribution in [0.15, 0.2) is 24.3 Å². The Kier molecular flexibility index (Phi) is 4.52. The highest BCUT2D eigenvalue weighted by atomic mass is 32.2. The molecule has 94 valence electrons. The van der Waals surface area contributed by atoms with E-state index in [0.29, 0.717) is 12.1 Å². The average Bonchev–Trinajstić information content (AvgIpc) is 2.32. The van der Waals surface area contributed by atoms with Crippen LogP contribution < -0.4 is 5.32 Å². The Morgan fingerprint density at radius 1 is 1.35 bits per heavy atom. The summed E-state index contributed by atoms with van der Waals surface area (Å²) < 4.78 is 0. The zero-order valence-electron chi connectivity index (χ0n) is 11.1. The van der Waals surface area contributed by atoms with E-state index >= 15 is 0 Å². The van der Waals surface area contributed by atoms with Crippen molar-refractivity contribution in [2.75, 3.05) is 5.75 Å². The normalized spacial score (nSPS) is 26.8. The number of thioether (sulfide) groups is 1. The lowest BCUT2D eigenvalue weighted by molar-refractivity contribution is 0.416. The Hall–Kier alpha value is -0.470. The molecule has 0 bridgehead atoms. The predicted octanol–water partition coefficient (Wildman–Crippen LogP) is 3.93. The lowest BCUT2D eigenvalue weighted by Crippen LogP contribution is -2.40. The van der Waals surface area contributed by atoms with Gasteiger partial charge in [-0.2, -0.15) is 11.8 Å². The first kappa shape index (κ1) is 13.0. The van der Waals surface area contributed by atoms with Crippen LogP contribution in [0, 0.1) is 6.92 Å². The lowest BCUT2D eigenvalue weighted by atomic mass is 10.00. The van der Waals surface area contributed by atoms with E-state index in [9.17, 15) is 0 Å². The van der Waals surface area contributed by atoms with Gasteiger partial charge in [-0.25, -0.2) is 0 Å². The molecule has 1 aliphatic rings. The summed E-state index contributed by atoms with van der Waals surface area (Å²) in [5.74, 6) is 1.33. The summed E-state index contributed by atoms with van der Waals surface area (Å²) in [5, 5.41) is 4.55. The van der Waals surface area contributed by atoms with Gasteiger partial charge >= 0.3 is 0 Å². The molecule has 0 aromatic heterocycles. The highest BCUT2D eigenvalue weighted by Crippen LogP contribution is 2.27. The summed E-state index contributed by atoms with van der Waals surface area (Å²) in [6, 6.07) is 9.83. The molecule has 0 radical (unpaired) electrons. The largest absolute Gasteiger partial charge is 0.306 e. The second-order valence-corrected chi connectivity index (χ2v) is 6.55. The molecule has 0 amide bonds. The van der Waals surface area contributed by atoms with E-state index in [1.807, 2.05) is 0 Å². The highest BCUT2D eigenvalue weighted by Gasteiger charge is 2.23. The van der Waals surface area contributed by atoms with E-state index in [1.165, 1.54) is 29.7 Å². The summed E-state index contributed by atoms with van der Waals surface area (Å²) in [7, 11) is 0. The van der Waals surface area contributed by atoms with Crippen molar-refractivity contribution in [2.45, 2.75) is 50.9 Å². The minimum atomic E-state index is 0.461. The Bertz CT molecular complexity index is 364. The average molecular weight is 249 g/mol. The van der Waals surface area contributed by atoms with Crippen molar-refractivity contribution in [3.63, 3.8) is 0 Å².